The summed E-state index contributed by atoms with van der Waals surface area (Å²) in [5, 5.41) is 0. The fraction of sp³-hybridized carbons (Fsp3) is 0.583. The molecular formula is C12H19N. The average molecular weight is 177 g/mol. The van der Waals surface area contributed by atoms with Gasteiger partial charge in [0.1, 0.15) is 0 Å². The summed E-state index contributed by atoms with van der Waals surface area (Å²) in [6.07, 6.45) is 4.26. The molecule has 0 N–H and O–H groups in total. The van der Waals surface area contributed by atoms with Crippen LogP contribution in [0.3, 0.4) is 0 Å². The molecule has 0 radical (unpaired) electrons. The topological polar surface area (TPSA) is 12.9 Å². The molecule has 0 saturated heterocycles. The Bertz CT molecular complexity index is 257. The van der Waals surface area contributed by atoms with Gasteiger partial charge in [0.05, 0.1) is 0 Å². The Kier molecular flexibility index (Phi) is 3.07. The van der Waals surface area contributed by atoms with Gasteiger partial charge in [0.2, 0.25) is 0 Å². The zero-order chi connectivity index (χ0) is 9.90. The molecule has 1 nitrogen and oxygen atoms in total. The maximum atomic E-state index is 4.49. The average Bonchev–Trinajstić information content (AvgIpc) is 2.18. The number of aromatic nitrogens is 1. The summed E-state index contributed by atoms with van der Waals surface area (Å²) in [5.74, 6) is 0. The number of hydrogen-bond donors (Lipinski definition) is 0. The Hall–Kier alpha value is -0.850. The first-order chi connectivity index (χ1) is 6.12. The van der Waals surface area contributed by atoms with Crippen molar-refractivity contribution < 1.29 is 0 Å². The molecule has 1 rings (SSSR count). The SMILES string of the molecule is CCC(C)(CC)c1ccc(C)cn1. The number of hydrogen-bond acceptors (Lipinski definition) is 1. The third kappa shape index (κ3) is 2.09. The summed E-state index contributed by atoms with van der Waals surface area (Å²) in [4.78, 5) is 4.49. The highest BCUT2D eigenvalue weighted by Crippen LogP contribution is 2.28. The van der Waals surface area contributed by atoms with Crippen molar-refractivity contribution in [2.24, 2.45) is 0 Å². The van der Waals surface area contributed by atoms with E-state index in [4.69, 9.17) is 0 Å². The van der Waals surface area contributed by atoms with Crippen molar-refractivity contribution in [3.05, 3.63) is 29.6 Å². The van der Waals surface area contributed by atoms with Crippen LogP contribution in [0.5, 0.6) is 0 Å². The number of rotatable bonds is 3. The van der Waals surface area contributed by atoms with Crippen LogP contribution in [0.1, 0.15) is 44.9 Å². The van der Waals surface area contributed by atoms with Crippen LogP contribution in [0.25, 0.3) is 0 Å². The first-order valence-electron chi connectivity index (χ1n) is 5.05. The first-order valence-corrected chi connectivity index (χ1v) is 5.05. The van der Waals surface area contributed by atoms with Crippen LogP contribution in [-0.2, 0) is 5.41 Å². The van der Waals surface area contributed by atoms with Crippen molar-refractivity contribution in [1.29, 1.82) is 0 Å². The minimum Gasteiger partial charge on any atom is -0.260 e. The summed E-state index contributed by atoms with van der Waals surface area (Å²) >= 11 is 0. The fourth-order valence-corrected chi connectivity index (χ4v) is 1.44. The summed E-state index contributed by atoms with van der Waals surface area (Å²) in [6, 6.07) is 4.30. The van der Waals surface area contributed by atoms with Gasteiger partial charge in [-0.05, 0) is 31.4 Å². The van der Waals surface area contributed by atoms with Gasteiger partial charge in [0.25, 0.3) is 0 Å². The maximum Gasteiger partial charge on any atom is 0.0462 e. The molecule has 0 amide bonds. The van der Waals surface area contributed by atoms with E-state index < -0.39 is 0 Å². The molecule has 0 bridgehead atoms. The van der Waals surface area contributed by atoms with E-state index in [-0.39, 0.29) is 5.41 Å². The van der Waals surface area contributed by atoms with E-state index in [2.05, 4.69) is 44.8 Å². The summed E-state index contributed by atoms with van der Waals surface area (Å²) in [6.45, 7) is 8.81. The molecule has 1 heteroatoms. The van der Waals surface area contributed by atoms with Gasteiger partial charge in [0, 0.05) is 17.3 Å². The Morgan fingerprint density at radius 2 is 1.85 bits per heavy atom. The Morgan fingerprint density at radius 1 is 1.23 bits per heavy atom. The van der Waals surface area contributed by atoms with Gasteiger partial charge >= 0.3 is 0 Å². The number of pyridine rings is 1. The summed E-state index contributed by atoms with van der Waals surface area (Å²) in [5.41, 5.74) is 2.72. The fourth-order valence-electron chi connectivity index (χ4n) is 1.44. The van der Waals surface area contributed by atoms with E-state index in [1.165, 1.54) is 11.3 Å². The standard InChI is InChI=1S/C12H19N/c1-5-12(4,6-2)11-8-7-10(3)9-13-11/h7-9H,5-6H2,1-4H3. The van der Waals surface area contributed by atoms with Gasteiger partial charge in [-0.2, -0.15) is 0 Å². The van der Waals surface area contributed by atoms with Gasteiger partial charge in [-0.3, -0.25) is 4.98 Å². The molecule has 0 aliphatic rings. The van der Waals surface area contributed by atoms with Crippen molar-refractivity contribution in [2.45, 2.75) is 46.0 Å². The molecule has 0 unspecified atom stereocenters. The molecule has 0 fully saturated rings. The Morgan fingerprint density at radius 3 is 2.23 bits per heavy atom. The zero-order valence-corrected chi connectivity index (χ0v) is 9.09. The maximum absolute atomic E-state index is 4.49. The van der Waals surface area contributed by atoms with E-state index in [0.717, 1.165) is 12.8 Å². The summed E-state index contributed by atoms with van der Waals surface area (Å²) < 4.78 is 0. The third-order valence-corrected chi connectivity index (χ3v) is 3.09. The lowest BCUT2D eigenvalue weighted by Crippen LogP contribution is -2.20. The van der Waals surface area contributed by atoms with E-state index >= 15 is 0 Å². The van der Waals surface area contributed by atoms with E-state index in [0.29, 0.717) is 0 Å². The van der Waals surface area contributed by atoms with Gasteiger partial charge < -0.3 is 0 Å². The van der Waals surface area contributed by atoms with E-state index in [1.54, 1.807) is 0 Å². The van der Waals surface area contributed by atoms with Crippen molar-refractivity contribution in [2.75, 3.05) is 0 Å². The molecule has 0 aromatic carbocycles. The largest absolute Gasteiger partial charge is 0.260 e. The molecule has 1 aromatic heterocycles. The van der Waals surface area contributed by atoms with Crippen LogP contribution in [0.2, 0.25) is 0 Å². The van der Waals surface area contributed by atoms with Crippen LogP contribution >= 0.6 is 0 Å². The smallest absolute Gasteiger partial charge is 0.0462 e. The second-order valence-corrected chi connectivity index (χ2v) is 3.99. The van der Waals surface area contributed by atoms with Crippen LogP contribution in [-0.4, -0.2) is 4.98 Å². The highest BCUT2D eigenvalue weighted by atomic mass is 14.7. The van der Waals surface area contributed by atoms with E-state index in [9.17, 15) is 0 Å². The molecule has 0 aliphatic heterocycles. The van der Waals surface area contributed by atoms with Crippen molar-refractivity contribution in [3.8, 4) is 0 Å². The monoisotopic (exact) mass is 177 g/mol. The molecular weight excluding hydrogens is 158 g/mol. The molecule has 13 heavy (non-hydrogen) atoms. The van der Waals surface area contributed by atoms with Gasteiger partial charge in [-0.25, -0.2) is 0 Å². The lowest BCUT2D eigenvalue weighted by molar-refractivity contribution is 0.426. The Labute approximate surface area is 81.2 Å². The zero-order valence-electron chi connectivity index (χ0n) is 9.09. The highest BCUT2D eigenvalue weighted by Gasteiger charge is 2.23. The van der Waals surface area contributed by atoms with Crippen LogP contribution in [0.4, 0.5) is 0 Å². The van der Waals surface area contributed by atoms with Crippen molar-refractivity contribution in [3.63, 3.8) is 0 Å². The number of aryl methyl sites for hydroxylation is 1. The predicted molar refractivity (Wildman–Crippen MR) is 56.9 cm³/mol. The highest BCUT2D eigenvalue weighted by molar-refractivity contribution is 5.19. The second-order valence-electron chi connectivity index (χ2n) is 3.99. The van der Waals surface area contributed by atoms with Crippen molar-refractivity contribution >= 4 is 0 Å². The minimum absolute atomic E-state index is 0.258. The van der Waals surface area contributed by atoms with E-state index in [1.807, 2.05) is 6.20 Å². The predicted octanol–water partition coefficient (Wildman–Crippen LogP) is 3.47. The third-order valence-electron chi connectivity index (χ3n) is 3.09. The number of nitrogens with zero attached hydrogens (tertiary/aromatic N) is 1. The molecule has 0 saturated carbocycles. The lowest BCUT2D eigenvalue weighted by Gasteiger charge is -2.25. The normalized spacial score (nSPS) is 11.7. The summed E-state index contributed by atoms with van der Waals surface area (Å²) in [7, 11) is 0. The molecule has 0 aliphatic carbocycles. The second kappa shape index (κ2) is 3.91. The molecule has 1 heterocycles. The minimum atomic E-state index is 0.258. The van der Waals surface area contributed by atoms with Gasteiger partial charge in [-0.15, -0.1) is 0 Å². The first kappa shape index (κ1) is 10.2. The lowest BCUT2D eigenvalue weighted by atomic mass is 9.81. The van der Waals surface area contributed by atoms with Crippen LogP contribution < -0.4 is 0 Å². The molecule has 0 spiro atoms. The van der Waals surface area contributed by atoms with Gasteiger partial charge in [0.15, 0.2) is 0 Å². The van der Waals surface area contributed by atoms with Crippen LogP contribution in [0.15, 0.2) is 18.3 Å². The molecule has 72 valence electrons. The van der Waals surface area contributed by atoms with Crippen LogP contribution in [0, 0.1) is 6.92 Å². The van der Waals surface area contributed by atoms with Gasteiger partial charge in [-0.1, -0.05) is 26.8 Å². The van der Waals surface area contributed by atoms with Crippen molar-refractivity contribution in [1.82, 2.24) is 4.98 Å². The Balaban J connectivity index is 2.99. The molecule has 1 aromatic rings. The quantitative estimate of drug-likeness (QED) is 0.689. The molecule has 0 atom stereocenters.